The molecule has 3 heterocycles. The first-order valence-corrected chi connectivity index (χ1v) is 14.2. The average Bonchev–Trinajstić information content (AvgIpc) is 2.84. The highest BCUT2D eigenvalue weighted by Gasteiger charge is 2.38. The number of likely N-dealkylation sites (tertiary alicyclic amines) is 1. The highest BCUT2D eigenvalue weighted by atomic mass is 35.5. The fraction of sp³-hybridized carbons (Fsp3) is 0.500. The standard InChI is InChI=1S/C24H30Cl2N4O4S/c1-17(34-23-8-7-20(26)15-27-23)21-9-10-29(16-22(21)18-3-5-19(25)6-4-18)24(31)28-11-13-30(14-12-28)35(2,32)33/h3-8,15,17,21-22H,9-14,16H2,1-2H3. The zero-order valence-corrected chi connectivity index (χ0v) is 22.1. The number of ether oxygens (including phenoxy) is 1. The summed E-state index contributed by atoms with van der Waals surface area (Å²) in [5.41, 5.74) is 1.10. The summed E-state index contributed by atoms with van der Waals surface area (Å²) >= 11 is 12.1. The van der Waals surface area contributed by atoms with Crippen molar-refractivity contribution in [3.8, 4) is 5.88 Å². The Kier molecular flexibility index (Phi) is 8.10. The first-order chi connectivity index (χ1) is 16.6. The van der Waals surface area contributed by atoms with Crippen LogP contribution in [-0.2, 0) is 10.0 Å². The molecule has 0 bridgehead atoms. The monoisotopic (exact) mass is 540 g/mol. The van der Waals surface area contributed by atoms with Crippen molar-refractivity contribution < 1.29 is 17.9 Å². The molecule has 3 atom stereocenters. The SMILES string of the molecule is CC(Oc1ccc(Cl)cn1)C1CCN(C(=O)N2CCN(S(C)(=O)=O)CC2)CC1c1ccc(Cl)cc1. The summed E-state index contributed by atoms with van der Waals surface area (Å²) < 4.78 is 31.2. The average molecular weight is 542 g/mol. The number of hydrogen-bond acceptors (Lipinski definition) is 5. The fourth-order valence-electron chi connectivity index (χ4n) is 4.89. The third kappa shape index (κ3) is 6.39. The van der Waals surface area contributed by atoms with Crippen molar-refractivity contribution >= 4 is 39.3 Å². The molecular weight excluding hydrogens is 511 g/mol. The summed E-state index contributed by atoms with van der Waals surface area (Å²) in [6.45, 7) is 4.59. The first kappa shape index (κ1) is 26.0. The molecule has 4 rings (SSSR count). The molecule has 2 saturated heterocycles. The second kappa shape index (κ2) is 10.9. The number of amides is 2. The summed E-state index contributed by atoms with van der Waals surface area (Å²) in [6.07, 6.45) is 3.39. The van der Waals surface area contributed by atoms with Crippen molar-refractivity contribution in [3.05, 3.63) is 58.2 Å². The Labute approximate surface area is 216 Å². The van der Waals surface area contributed by atoms with Gasteiger partial charge in [-0.05, 0) is 37.1 Å². The molecule has 2 aliphatic rings. The number of pyridine rings is 1. The number of halogens is 2. The molecule has 2 fully saturated rings. The highest BCUT2D eigenvalue weighted by molar-refractivity contribution is 7.88. The van der Waals surface area contributed by atoms with Crippen molar-refractivity contribution in [2.24, 2.45) is 5.92 Å². The summed E-state index contributed by atoms with van der Waals surface area (Å²) in [7, 11) is -3.25. The lowest BCUT2D eigenvalue weighted by atomic mass is 9.78. The van der Waals surface area contributed by atoms with E-state index in [0.29, 0.717) is 55.2 Å². The smallest absolute Gasteiger partial charge is 0.320 e. The van der Waals surface area contributed by atoms with Crippen molar-refractivity contribution in [2.75, 3.05) is 45.5 Å². The van der Waals surface area contributed by atoms with Crippen LogP contribution in [0.5, 0.6) is 5.88 Å². The number of carbonyl (C=O) groups excluding carboxylic acids is 1. The van der Waals surface area contributed by atoms with E-state index in [0.717, 1.165) is 12.0 Å². The Balaban J connectivity index is 1.48. The van der Waals surface area contributed by atoms with Gasteiger partial charge in [-0.3, -0.25) is 0 Å². The van der Waals surface area contributed by atoms with Crippen LogP contribution in [0, 0.1) is 5.92 Å². The molecule has 0 radical (unpaired) electrons. The summed E-state index contributed by atoms with van der Waals surface area (Å²) in [5, 5.41) is 1.21. The molecule has 190 valence electrons. The third-order valence-corrected chi connectivity index (χ3v) is 8.60. The fourth-order valence-corrected chi connectivity index (χ4v) is 5.95. The van der Waals surface area contributed by atoms with Gasteiger partial charge in [0.15, 0.2) is 0 Å². The van der Waals surface area contributed by atoms with E-state index in [1.165, 1.54) is 10.6 Å². The Hall–Kier alpha value is -2.07. The zero-order chi connectivity index (χ0) is 25.2. The number of piperazine rings is 1. The Morgan fingerprint density at radius 3 is 2.26 bits per heavy atom. The maximum atomic E-state index is 13.3. The molecule has 0 aliphatic carbocycles. The van der Waals surface area contributed by atoms with Crippen LogP contribution in [0.3, 0.4) is 0 Å². The molecule has 2 aromatic rings. The van der Waals surface area contributed by atoms with E-state index < -0.39 is 10.0 Å². The minimum absolute atomic E-state index is 0.0459. The van der Waals surface area contributed by atoms with Gasteiger partial charge in [0.2, 0.25) is 15.9 Å². The summed E-state index contributed by atoms with van der Waals surface area (Å²) in [4.78, 5) is 21.2. The number of hydrogen-bond donors (Lipinski definition) is 0. The first-order valence-electron chi connectivity index (χ1n) is 11.6. The number of rotatable bonds is 5. The van der Waals surface area contributed by atoms with E-state index in [2.05, 4.69) is 4.98 Å². The third-order valence-electron chi connectivity index (χ3n) is 6.82. The van der Waals surface area contributed by atoms with Crippen LogP contribution in [0.2, 0.25) is 10.0 Å². The van der Waals surface area contributed by atoms with Gasteiger partial charge in [0.05, 0.1) is 11.3 Å². The van der Waals surface area contributed by atoms with E-state index in [4.69, 9.17) is 27.9 Å². The highest BCUT2D eigenvalue weighted by Crippen LogP contribution is 2.37. The minimum Gasteiger partial charge on any atom is -0.474 e. The van der Waals surface area contributed by atoms with Gasteiger partial charge in [-0.15, -0.1) is 0 Å². The molecular formula is C24H30Cl2N4O4S. The molecule has 1 aromatic heterocycles. The lowest BCUT2D eigenvalue weighted by Gasteiger charge is -2.43. The Morgan fingerprint density at radius 1 is 1.00 bits per heavy atom. The molecule has 0 saturated carbocycles. The van der Waals surface area contributed by atoms with Crippen LogP contribution >= 0.6 is 23.2 Å². The van der Waals surface area contributed by atoms with Crippen molar-refractivity contribution in [1.29, 1.82) is 0 Å². The molecule has 0 N–H and O–H groups in total. The van der Waals surface area contributed by atoms with E-state index in [1.54, 1.807) is 23.2 Å². The number of benzene rings is 1. The topological polar surface area (TPSA) is 83.1 Å². The molecule has 11 heteroatoms. The molecule has 3 unspecified atom stereocenters. The predicted octanol–water partition coefficient (Wildman–Crippen LogP) is 3.96. The second-order valence-corrected chi connectivity index (χ2v) is 12.0. The van der Waals surface area contributed by atoms with Crippen LogP contribution in [0.15, 0.2) is 42.6 Å². The summed E-state index contributed by atoms with van der Waals surface area (Å²) in [5.74, 6) is 0.711. The van der Waals surface area contributed by atoms with Gasteiger partial charge in [-0.1, -0.05) is 35.3 Å². The van der Waals surface area contributed by atoms with E-state index in [1.807, 2.05) is 36.1 Å². The van der Waals surface area contributed by atoms with Gasteiger partial charge in [0.25, 0.3) is 0 Å². The van der Waals surface area contributed by atoms with Gasteiger partial charge >= 0.3 is 6.03 Å². The van der Waals surface area contributed by atoms with Crippen LogP contribution in [0.25, 0.3) is 0 Å². The van der Waals surface area contributed by atoms with Crippen LogP contribution in [0.1, 0.15) is 24.8 Å². The molecule has 2 amide bonds. The van der Waals surface area contributed by atoms with Crippen molar-refractivity contribution in [3.63, 3.8) is 0 Å². The zero-order valence-electron chi connectivity index (χ0n) is 19.8. The number of piperidine rings is 1. The maximum Gasteiger partial charge on any atom is 0.320 e. The predicted molar refractivity (Wildman–Crippen MR) is 137 cm³/mol. The van der Waals surface area contributed by atoms with Crippen molar-refractivity contribution in [2.45, 2.75) is 25.4 Å². The second-order valence-electron chi connectivity index (χ2n) is 9.13. The van der Waals surface area contributed by atoms with Gasteiger partial charge in [0.1, 0.15) is 6.10 Å². The van der Waals surface area contributed by atoms with Crippen LogP contribution < -0.4 is 4.74 Å². The molecule has 8 nitrogen and oxygen atoms in total. The molecule has 2 aliphatic heterocycles. The normalized spacial score (nSPS) is 22.6. The van der Waals surface area contributed by atoms with Gasteiger partial charge in [-0.2, -0.15) is 4.31 Å². The number of carbonyl (C=O) groups is 1. The Bertz CT molecular complexity index is 1120. The lowest BCUT2D eigenvalue weighted by molar-refractivity contribution is 0.0643. The van der Waals surface area contributed by atoms with Gasteiger partial charge < -0.3 is 14.5 Å². The van der Waals surface area contributed by atoms with Crippen molar-refractivity contribution in [1.82, 2.24) is 19.1 Å². The van der Waals surface area contributed by atoms with E-state index >= 15 is 0 Å². The minimum atomic E-state index is -3.25. The number of nitrogens with zero attached hydrogens (tertiary/aromatic N) is 4. The van der Waals surface area contributed by atoms with Gasteiger partial charge in [0, 0.05) is 68.4 Å². The van der Waals surface area contributed by atoms with Crippen LogP contribution in [-0.4, -0.2) is 85.2 Å². The number of urea groups is 1. The maximum absolute atomic E-state index is 13.3. The van der Waals surface area contributed by atoms with Crippen LogP contribution in [0.4, 0.5) is 4.79 Å². The molecule has 1 aromatic carbocycles. The van der Waals surface area contributed by atoms with Gasteiger partial charge in [-0.25, -0.2) is 18.2 Å². The van der Waals surface area contributed by atoms with E-state index in [9.17, 15) is 13.2 Å². The largest absolute Gasteiger partial charge is 0.474 e. The quantitative estimate of drug-likeness (QED) is 0.573. The molecule has 0 spiro atoms. The lowest BCUT2D eigenvalue weighted by Crippen LogP contribution is -2.56. The summed E-state index contributed by atoms with van der Waals surface area (Å²) in [6, 6.07) is 11.2. The number of aromatic nitrogens is 1. The number of sulfonamides is 1. The Morgan fingerprint density at radius 2 is 1.66 bits per heavy atom. The molecule has 35 heavy (non-hydrogen) atoms. The van der Waals surface area contributed by atoms with E-state index in [-0.39, 0.29) is 24.0 Å².